The van der Waals surface area contributed by atoms with Gasteiger partial charge in [-0.05, 0) is 19.3 Å². The Morgan fingerprint density at radius 2 is 1.88 bits per heavy atom. The molecule has 2 rings (SSSR count). The van der Waals surface area contributed by atoms with Gasteiger partial charge in [0.1, 0.15) is 6.04 Å². The van der Waals surface area contributed by atoms with E-state index in [2.05, 4.69) is 5.32 Å². The molecular formula is C13H23NO3. The molecule has 0 spiro atoms. The van der Waals surface area contributed by atoms with Crippen molar-refractivity contribution in [2.45, 2.75) is 57.0 Å². The predicted molar refractivity (Wildman–Crippen MR) is 65.0 cm³/mol. The highest BCUT2D eigenvalue weighted by molar-refractivity contribution is 5.74. The number of hydrogen-bond donors (Lipinski definition) is 2. The zero-order valence-electron chi connectivity index (χ0n) is 10.4. The Hall–Kier alpha value is -0.610. The minimum atomic E-state index is -0.718. The fourth-order valence-electron chi connectivity index (χ4n) is 2.92. The van der Waals surface area contributed by atoms with Crippen LogP contribution in [0.5, 0.6) is 0 Å². The number of rotatable bonds is 4. The van der Waals surface area contributed by atoms with E-state index in [1.54, 1.807) is 0 Å². The number of carboxylic acids is 1. The third-order valence-electron chi connectivity index (χ3n) is 3.97. The first kappa shape index (κ1) is 12.8. The molecule has 2 fully saturated rings. The maximum absolute atomic E-state index is 11.3. The second kappa shape index (κ2) is 6.36. The van der Waals surface area contributed by atoms with Crippen LogP contribution in [0.15, 0.2) is 0 Å². The lowest BCUT2D eigenvalue weighted by atomic mass is 9.97. The molecule has 0 aromatic carbocycles. The summed E-state index contributed by atoms with van der Waals surface area (Å²) in [6.45, 7) is 1.30. The van der Waals surface area contributed by atoms with Crippen molar-refractivity contribution < 1.29 is 14.6 Å². The molecule has 1 aliphatic heterocycles. The third kappa shape index (κ3) is 3.68. The highest BCUT2D eigenvalue weighted by Crippen LogP contribution is 2.21. The van der Waals surface area contributed by atoms with Gasteiger partial charge in [0.25, 0.3) is 0 Å². The number of aliphatic carboxylic acids is 1. The molecule has 1 heterocycles. The molecule has 0 amide bonds. The third-order valence-corrected chi connectivity index (χ3v) is 3.97. The number of carboxylic acid groups (broad SMARTS) is 1. The first-order chi connectivity index (χ1) is 8.27. The topological polar surface area (TPSA) is 58.6 Å². The van der Waals surface area contributed by atoms with Gasteiger partial charge in [-0.3, -0.25) is 4.79 Å². The molecule has 2 aliphatic rings. The van der Waals surface area contributed by atoms with Gasteiger partial charge in [0.15, 0.2) is 0 Å². The summed E-state index contributed by atoms with van der Waals surface area (Å²) in [5.74, 6) is -0.569. The Morgan fingerprint density at radius 3 is 2.41 bits per heavy atom. The van der Waals surface area contributed by atoms with E-state index in [0.717, 1.165) is 19.3 Å². The van der Waals surface area contributed by atoms with Crippen LogP contribution in [0.25, 0.3) is 0 Å². The van der Waals surface area contributed by atoms with E-state index < -0.39 is 12.0 Å². The molecule has 0 bridgehead atoms. The average molecular weight is 241 g/mol. The molecule has 1 aliphatic carbocycles. The van der Waals surface area contributed by atoms with Crippen LogP contribution in [-0.4, -0.2) is 36.4 Å². The van der Waals surface area contributed by atoms with Gasteiger partial charge in [-0.2, -0.15) is 0 Å². The molecule has 98 valence electrons. The van der Waals surface area contributed by atoms with Crippen LogP contribution in [0.2, 0.25) is 0 Å². The molecule has 17 heavy (non-hydrogen) atoms. The van der Waals surface area contributed by atoms with Crippen molar-refractivity contribution in [2.75, 3.05) is 13.2 Å². The summed E-state index contributed by atoms with van der Waals surface area (Å²) >= 11 is 0. The van der Waals surface area contributed by atoms with E-state index >= 15 is 0 Å². The van der Waals surface area contributed by atoms with Crippen molar-refractivity contribution >= 4 is 5.97 Å². The van der Waals surface area contributed by atoms with Crippen molar-refractivity contribution in [3.05, 3.63) is 0 Å². The number of hydrogen-bond acceptors (Lipinski definition) is 3. The zero-order valence-corrected chi connectivity index (χ0v) is 10.4. The standard InChI is InChI=1S/C13H23NO3/c15-13(16)12(10-7-8-17-9-10)14-11-5-3-1-2-4-6-11/h10-12,14H,1-9H2,(H,15,16). The summed E-state index contributed by atoms with van der Waals surface area (Å²) in [7, 11) is 0. The highest BCUT2D eigenvalue weighted by atomic mass is 16.5. The summed E-state index contributed by atoms with van der Waals surface area (Å²) in [4.78, 5) is 11.3. The molecule has 0 aromatic rings. The van der Waals surface area contributed by atoms with Gasteiger partial charge in [0, 0.05) is 18.6 Å². The quantitative estimate of drug-likeness (QED) is 0.737. The molecule has 4 nitrogen and oxygen atoms in total. The van der Waals surface area contributed by atoms with Gasteiger partial charge in [0.2, 0.25) is 0 Å². The van der Waals surface area contributed by atoms with Crippen LogP contribution in [0.4, 0.5) is 0 Å². The Kier molecular flexibility index (Phi) is 4.80. The smallest absolute Gasteiger partial charge is 0.321 e. The summed E-state index contributed by atoms with van der Waals surface area (Å²) in [5, 5.41) is 12.7. The van der Waals surface area contributed by atoms with E-state index in [9.17, 15) is 9.90 Å². The van der Waals surface area contributed by atoms with Gasteiger partial charge < -0.3 is 15.2 Å². The first-order valence-corrected chi connectivity index (χ1v) is 6.84. The summed E-state index contributed by atoms with van der Waals surface area (Å²) in [6.07, 6.45) is 8.16. The lowest BCUT2D eigenvalue weighted by molar-refractivity contribution is -0.141. The highest BCUT2D eigenvalue weighted by Gasteiger charge is 2.32. The minimum Gasteiger partial charge on any atom is -0.480 e. The molecule has 0 aromatic heterocycles. The normalized spacial score (nSPS) is 28.8. The van der Waals surface area contributed by atoms with Crippen molar-refractivity contribution in [1.29, 1.82) is 0 Å². The Bertz CT molecular complexity index is 243. The minimum absolute atomic E-state index is 0.149. The van der Waals surface area contributed by atoms with Crippen molar-refractivity contribution in [3.8, 4) is 0 Å². The van der Waals surface area contributed by atoms with Crippen LogP contribution in [0.3, 0.4) is 0 Å². The van der Waals surface area contributed by atoms with Gasteiger partial charge in [-0.15, -0.1) is 0 Å². The lowest BCUT2D eigenvalue weighted by Crippen LogP contribution is -2.48. The monoisotopic (exact) mass is 241 g/mol. The summed E-state index contributed by atoms with van der Waals surface area (Å²) < 4.78 is 5.30. The van der Waals surface area contributed by atoms with Gasteiger partial charge >= 0.3 is 5.97 Å². The van der Waals surface area contributed by atoms with Gasteiger partial charge in [-0.25, -0.2) is 0 Å². The zero-order chi connectivity index (χ0) is 12.1. The number of ether oxygens (including phenoxy) is 1. The van der Waals surface area contributed by atoms with Crippen molar-refractivity contribution in [3.63, 3.8) is 0 Å². The maximum Gasteiger partial charge on any atom is 0.321 e. The largest absolute Gasteiger partial charge is 0.480 e. The second-order valence-corrected chi connectivity index (χ2v) is 5.29. The SMILES string of the molecule is O=C(O)C(NC1CCCCCC1)C1CCOC1. The lowest BCUT2D eigenvalue weighted by Gasteiger charge is -2.25. The summed E-state index contributed by atoms with van der Waals surface area (Å²) in [6, 6.07) is -0.0280. The Morgan fingerprint density at radius 1 is 1.18 bits per heavy atom. The summed E-state index contributed by atoms with van der Waals surface area (Å²) in [5.41, 5.74) is 0. The van der Waals surface area contributed by atoms with Crippen molar-refractivity contribution in [1.82, 2.24) is 5.32 Å². The van der Waals surface area contributed by atoms with Crippen LogP contribution in [-0.2, 0) is 9.53 Å². The molecule has 2 unspecified atom stereocenters. The number of carbonyl (C=O) groups is 1. The Labute approximate surface area is 103 Å². The molecule has 1 saturated carbocycles. The second-order valence-electron chi connectivity index (χ2n) is 5.29. The Balaban J connectivity index is 1.89. The fraction of sp³-hybridized carbons (Fsp3) is 0.923. The van der Waals surface area contributed by atoms with Crippen LogP contribution >= 0.6 is 0 Å². The van der Waals surface area contributed by atoms with Crippen LogP contribution in [0, 0.1) is 5.92 Å². The molecule has 2 atom stereocenters. The molecule has 0 radical (unpaired) electrons. The van der Waals surface area contributed by atoms with Gasteiger partial charge in [0.05, 0.1) is 6.61 Å². The fourth-order valence-corrected chi connectivity index (χ4v) is 2.92. The van der Waals surface area contributed by atoms with Gasteiger partial charge in [-0.1, -0.05) is 25.7 Å². The first-order valence-electron chi connectivity index (χ1n) is 6.84. The predicted octanol–water partition coefficient (Wildman–Crippen LogP) is 1.79. The van der Waals surface area contributed by atoms with Crippen molar-refractivity contribution in [2.24, 2.45) is 5.92 Å². The van der Waals surface area contributed by atoms with E-state index in [4.69, 9.17) is 4.74 Å². The average Bonchev–Trinajstić information content (AvgIpc) is 2.70. The molecule has 2 N–H and O–H groups in total. The van der Waals surface area contributed by atoms with Crippen LogP contribution < -0.4 is 5.32 Å². The molecule has 4 heteroatoms. The molecular weight excluding hydrogens is 218 g/mol. The van der Waals surface area contributed by atoms with Crippen LogP contribution in [0.1, 0.15) is 44.9 Å². The van der Waals surface area contributed by atoms with E-state index in [1.165, 1.54) is 25.7 Å². The van der Waals surface area contributed by atoms with E-state index in [1.807, 2.05) is 0 Å². The molecule has 1 saturated heterocycles. The maximum atomic E-state index is 11.3. The number of nitrogens with one attached hydrogen (secondary N) is 1. The van der Waals surface area contributed by atoms with E-state index in [0.29, 0.717) is 19.3 Å². The van der Waals surface area contributed by atoms with E-state index in [-0.39, 0.29) is 5.92 Å².